The lowest BCUT2D eigenvalue weighted by atomic mass is 9.82. The van der Waals surface area contributed by atoms with Crippen molar-refractivity contribution in [1.29, 1.82) is 0 Å². The third-order valence-corrected chi connectivity index (χ3v) is 10.8. The average Bonchev–Trinajstić information content (AvgIpc) is 3.49. The van der Waals surface area contributed by atoms with Gasteiger partial charge in [0.05, 0.1) is 5.69 Å². The van der Waals surface area contributed by atoms with Gasteiger partial charge in [-0.1, -0.05) is 136 Å². The maximum atomic E-state index is 2.50. The first-order valence-electron chi connectivity index (χ1n) is 19.5. The molecular weight excluding hydrogens is 643 g/mol. The molecule has 3 heteroatoms. The molecule has 53 heavy (non-hydrogen) atoms. The molecule has 7 rings (SSSR count). The van der Waals surface area contributed by atoms with Crippen molar-refractivity contribution in [2.75, 3.05) is 22.9 Å². The topological polar surface area (TPSA) is 11.4 Å². The maximum Gasteiger partial charge on any atom is 0.0530 e. The quantitative estimate of drug-likeness (QED) is 0.112. The Bertz CT molecular complexity index is 2150. The Kier molecular flexibility index (Phi) is 11.1. The van der Waals surface area contributed by atoms with E-state index < -0.39 is 0 Å². The molecule has 3 nitrogen and oxygen atoms in total. The van der Waals surface area contributed by atoms with Gasteiger partial charge in [-0.25, -0.2) is 0 Å². The third kappa shape index (κ3) is 7.39. The molecule has 7 aromatic rings. The Morgan fingerprint density at radius 3 is 1.45 bits per heavy atom. The van der Waals surface area contributed by atoms with Gasteiger partial charge in [-0.2, -0.15) is 0 Å². The molecular formula is C50H53N3. The van der Waals surface area contributed by atoms with Gasteiger partial charge in [0.25, 0.3) is 0 Å². The first-order valence-corrected chi connectivity index (χ1v) is 19.5. The monoisotopic (exact) mass is 695 g/mol. The van der Waals surface area contributed by atoms with Crippen LogP contribution in [0.5, 0.6) is 0 Å². The number of aryl methyl sites for hydroxylation is 3. The highest BCUT2D eigenvalue weighted by Gasteiger charge is 2.27. The van der Waals surface area contributed by atoms with E-state index in [9.17, 15) is 0 Å². The van der Waals surface area contributed by atoms with Crippen LogP contribution in [0, 0.1) is 13.8 Å². The van der Waals surface area contributed by atoms with Gasteiger partial charge >= 0.3 is 0 Å². The normalized spacial score (nSPS) is 11.4. The fourth-order valence-corrected chi connectivity index (χ4v) is 8.02. The zero-order valence-corrected chi connectivity index (χ0v) is 32.1. The fraction of sp³-hybridized carbons (Fsp3) is 0.240. The summed E-state index contributed by atoms with van der Waals surface area (Å²) in [5.74, 6) is 0.0181. The second kappa shape index (κ2) is 16.4. The number of benzene rings is 6. The van der Waals surface area contributed by atoms with Crippen LogP contribution in [0.4, 0.5) is 22.7 Å². The molecule has 0 aliphatic heterocycles. The summed E-state index contributed by atoms with van der Waals surface area (Å²) in [4.78, 5) is 4.99. The lowest BCUT2D eigenvalue weighted by molar-refractivity contribution is 0.784. The second-order valence-corrected chi connectivity index (χ2v) is 14.4. The first-order chi connectivity index (χ1) is 26.0. The summed E-state index contributed by atoms with van der Waals surface area (Å²) in [6, 6.07) is 56.3. The summed E-state index contributed by atoms with van der Waals surface area (Å²) in [7, 11) is 2.22. The Balaban J connectivity index is 1.39. The highest BCUT2D eigenvalue weighted by atomic mass is 15.1. The van der Waals surface area contributed by atoms with Crippen molar-refractivity contribution in [2.45, 2.75) is 59.3 Å². The van der Waals surface area contributed by atoms with Crippen LogP contribution in [0.3, 0.4) is 0 Å². The molecule has 0 aliphatic rings. The van der Waals surface area contributed by atoms with Crippen molar-refractivity contribution in [3.8, 4) is 11.3 Å². The minimum absolute atomic E-state index is 0.0181. The van der Waals surface area contributed by atoms with Gasteiger partial charge in [-0.15, -0.1) is 0 Å². The van der Waals surface area contributed by atoms with Gasteiger partial charge in [0.15, 0.2) is 0 Å². The molecule has 0 unspecified atom stereocenters. The number of rotatable bonds is 14. The van der Waals surface area contributed by atoms with E-state index in [1.54, 1.807) is 0 Å². The van der Waals surface area contributed by atoms with Crippen molar-refractivity contribution in [3.63, 3.8) is 0 Å². The summed E-state index contributed by atoms with van der Waals surface area (Å²) in [6.07, 6.45) is 4.59. The molecule has 0 radical (unpaired) electrons. The Morgan fingerprint density at radius 2 is 0.962 bits per heavy atom. The maximum absolute atomic E-state index is 2.50. The van der Waals surface area contributed by atoms with Gasteiger partial charge < -0.3 is 14.4 Å². The Morgan fingerprint density at radius 1 is 0.509 bits per heavy atom. The summed E-state index contributed by atoms with van der Waals surface area (Å²) in [6.45, 7) is 11.0. The van der Waals surface area contributed by atoms with E-state index in [-0.39, 0.29) is 5.92 Å². The molecule has 6 aromatic carbocycles. The van der Waals surface area contributed by atoms with Crippen LogP contribution in [-0.2, 0) is 7.05 Å². The van der Waals surface area contributed by atoms with Gasteiger partial charge in [0.1, 0.15) is 0 Å². The molecule has 0 saturated heterocycles. The minimum Gasteiger partial charge on any atom is -0.343 e. The fourth-order valence-electron chi connectivity index (χ4n) is 8.02. The van der Waals surface area contributed by atoms with Gasteiger partial charge in [-0.05, 0) is 103 Å². The molecule has 0 saturated carbocycles. The predicted molar refractivity (Wildman–Crippen MR) is 228 cm³/mol. The number of hydrogen-bond donors (Lipinski definition) is 0. The van der Waals surface area contributed by atoms with Crippen LogP contribution in [0.2, 0.25) is 0 Å². The van der Waals surface area contributed by atoms with E-state index in [1.807, 2.05) is 0 Å². The average molecular weight is 696 g/mol. The SMILES string of the molecule is CCCCN(c1ccc(C(c2ccc(N(CCCC)c3ccccc3C)cc2)c2c(-c3ccccc3)n(C)c3ccccc23)cc1)c1ccccc1C. The minimum atomic E-state index is 0.0181. The zero-order chi connectivity index (χ0) is 36.7. The molecule has 0 N–H and O–H groups in total. The number of aromatic nitrogens is 1. The largest absolute Gasteiger partial charge is 0.343 e. The van der Waals surface area contributed by atoms with Crippen molar-refractivity contribution in [1.82, 2.24) is 4.57 Å². The van der Waals surface area contributed by atoms with Crippen LogP contribution in [0.1, 0.15) is 73.3 Å². The molecule has 0 atom stereocenters. The standard InChI is InChI=1S/C50H53N3/c1-6-8-35-52(45-24-16-13-19-37(45)3)42-31-27-39(28-32-42)48(49-44-23-15-18-26-47(44)51(5)50(49)41-21-11-10-12-22-41)40-29-33-43(34-30-40)53(36-9-7-2)46-25-17-14-20-38(46)4/h10-34,48H,6-9,35-36H2,1-5H3. The summed E-state index contributed by atoms with van der Waals surface area (Å²) in [5, 5.41) is 1.29. The smallest absolute Gasteiger partial charge is 0.0530 e. The van der Waals surface area contributed by atoms with Crippen molar-refractivity contribution >= 4 is 33.7 Å². The Labute approximate surface area is 317 Å². The van der Waals surface area contributed by atoms with Gasteiger partial charge in [0.2, 0.25) is 0 Å². The summed E-state index contributed by atoms with van der Waals surface area (Å²) < 4.78 is 2.39. The van der Waals surface area contributed by atoms with Crippen LogP contribution in [0.15, 0.2) is 152 Å². The molecule has 0 amide bonds. The van der Waals surface area contributed by atoms with Gasteiger partial charge in [0, 0.05) is 59.7 Å². The number of para-hydroxylation sites is 3. The first kappa shape index (κ1) is 35.8. The summed E-state index contributed by atoms with van der Waals surface area (Å²) in [5.41, 5.74) is 15.3. The predicted octanol–water partition coefficient (Wildman–Crippen LogP) is 13.5. The number of anilines is 4. The molecule has 0 fully saturated rings. The molecule has 1 aromatic heterocycles. The lowest BCUT2D eigenvalue weighted by Gasteiger charge is -2.28. The zero-order valence-electron chi connectivity index (χ0n) is 32.1. The molecule has 268 valence electrons. The van der Waals surface area contributed by atoms with Crippen LogP contribution in [0.25, 0.3) is 22.2 Å². The van der Waals surface area contributed by atoms with Crippen LogP contribution >= 0.6 is 0 Å². The van der Waals surface area contributed by atoms with Crippen LogP contribution in [-0.4, -0.2) is 17.7 Å². The molecule has 0 spiro atoms. The number of hydrogen-bond acceptors (Lipinski definition) is 2. The number of unbranched alkanes of at least 4 members (excludes halogenated alkanes) is 2. The third-order valence-electron chi connectivity index (χ3n) is 10.8. The summed E-state index contributed by atoms with van der Waals surface area (Å²) >= 11 is 0. The van der Waals surface area contributed by atoms with E-state index in [0.29, 0.717) is 0 Å². The number of nitrogens with zero attached hydrogens (tertiary/aromatic N) is 3. The highest BCUT2D eigenvalue weighted by molar-refractivity contribution is 5.93. The van der Waals surface area contributed by atoms with Crippen molar-refractivity contribution in [3.05, 3.63) is 179 Å². The molecule has 1 heterocycles. The van der Waals surface area contributed by atoms with Crippen LogP contribution < -0.4 is 9.80 Å². The van der Waals surface area contributed by atoms with E-state index in [1.165, 1.54) is 72.7 Å². The van der Waals surface area contributed by atoms with E-state index in [4.69, 9.17) is 0 Å². The number of fused-ring (bicyclic) bond motifs is 1. The van der Waals surface area contributed by atoms with Crippen molar-refractivity contribution < 1.29 is 0 Å². The van der Waals surface area contributed by atoms with E-state index >= 15 is 0 Å². The Hall–Kier alpha value is -5.54. The van der Waals surface area contributed by atoms with E-state index in [0.717, 1.165) is 38.8 Å². The highest BCUT2D eigenvalue weighted by Crippen LogP contribution is 2.45. The lowest BCUT2D eigenvalue weighted by Crippen LogP contribution is -2.19. The van der Waals surface area contributed by atoms with E-state index in [2.05, 4.69) is 201 Å². The second-order valence-electron chi connectivity index (χ2n) is 14.4. The molecule has 0 bridgehead atoms. The van der Waals surface area contributed by atoms with Crippen molar-refractivity contribution in [2.24, 2.45) is 7.05 Å². The molecule has 0 aliphatic carbocycles. The van der Waals surface area contributed by atoms with Gasteiger partial charge in [-0.3, -0.25) is 0 Å².